The fourth-order valence-corrected chi connectivity index (χ4v) is 3.02. The molecule has 2 rings (SSSR count). The Morgan fingerprint density at radius 1 is 1.27 bits per heavy atom. The van der Waals surface area contributed by atoms with Crippen LogP contribution in [0, 0.1) is 12.8 Å². The zero-order valence-corrected chi connectivity index (χ0v) is 14.0. The summed E-state index contributed by atoms with van der Waals surface area (Å²) in [6, 6.07) is 0. The van der Waals surface area contributed by atoms with Crippen LogP contribution in [0.5, 0.6) is 0 Å². The van der Waals surface area contributed by atoms with Gasteiger partial charge in [-0.15, -0.1) is 11.8 Å². The Morgan fingerprint density at radius 3 is 2.55 bits per heavy atom. The second-order valence-corrected chi connectivity index (χ2v) is 6.58. The molecule has 2 aromatic heterocycles. The summed E-state index contributed by atoms with van der Waals surface area (Å²) < 4.78 is 2.62. The first-order valence-corrected chi connectivity index (χ1v) is 8.07. The number of fused-ring (bicyclic) bond motifs is 1. The first kappa shape index (κ1) is 16.7. The zero-order valence-electron chi connectivity index (χ0n) is 13.2. The van der Waals surface area contributed by atoms with E-state index in [0.29, 0.717) is 34.2 Å². The van der Waals surface area contributed by atoms with Gasteiger partial charge in [0, 0.05) is 19.3 Å². The number of aliphatic hydroxyl groups excluding tert-OH is 1. The van der Waals surface area contributed by atoms with Crippen LogP contribution in [-0.4, -0.2) is 36.6 Å². The van der Waals surface area contributed by atoms with Crippen molar-refractivity contribution in [1.82, 2.24) is 19.1 Å². The number of aliphatic hydroxyl groups is 1. The number of hydrogen-bond donors (Lipinski definition) is 1. The van der Waals surface area contributed by atoms with Gasteiger partial charge >= 0.3 is 5.69 Å². The highest BCUT2D eigenvalue weighted by Crippen LogP contribution is 2.22. The Kier molecular flexibility index (Phi) is 5.02. The predicted molar refractivity (Wildman–Crippen MR) is 86.4 cm³/mol. The Labute approximate surface area is 132 Å². The van der Waals surface area contributed by atoms with E-state index in [2.05, 4.69) is 9.97 Å². The zero-order chi connectivity index (χ0) is 16.4. The normalized spacial score (nSPS) is 11.5. The van der Waals surface area contributed by atoms with Gasteiger partial charge in [-0.3, -0.25) is 13.9 Å². The second kappa shape index (κ2) is 6.62. The van der Waals surface area contributed by atoms with E-state index in [4.69, 9.17) is 5.11 Å². The van der Waals surface area contributed by atoms with Gasteiger partial charge in [-0.05, 0) is 12.8 Å². The number of nitrogens with zero attached hydrogens (tertiary/aromatic N) is 4. The third-order valence-corrected chi connectivity index (χ3v) is 4.09. The van der Waals surface area contributed by atoms with Crippen LogP contribution in [0.1, 0.15) is 19.7 Å². The van der Waals surface area contributed by atoms with Crippen molar-refractivity contribution in [2.45, 2.75) is 32.3 Å². The molecule has 0 aromatic carbocycles. The van der Waals surface area contributed by atoms with Crippen LogP contribution in [0.3, 0.4) is 0 Å². The first-order chi connectivity index (χ1) is 10.4. The molecule has 1 N–H and O–H groups in total. The van der Waals surface area contributed by atoms with Crippen molar-refractivity contribution < 1.29 is 5.11 Å². The molecular weight excluding hydrogens is 304 g/mol. The third-order valence-electron chi connectivity index (χ3n) is 3.14. The molecule has 0 saturated heterocycles. The van der Waals surface area contributed by atoms with Crippen LogP contribution in [0.25, 0.3) is 11.0 Å². The molecule has 0 spiro atoms. The standard InChI is InChI=1S/C14H20N4O3S/c1-8(2)7-18-11-10(13(20)17(4)14(18)21)12(22-6-5-19)16-9(3)15-11/h8,19H,5-7H2,1-4H3. The van der Waals surface area contributed by atoms with Crippen molar-refractivity contribution in [2.24, 2.45) is 13.0 Å². The molecule has 2 aromatic rings. The van der Waals surface area contributed by atoms with Gasteiger partial charge in [0.25, 0.3) is 5.56 Å². The lowest BCUT2D eigenvalue weighted by Crippen LogP contribution is -2.39. The highest BCUT2D eigenvalue weighted by Gasteiger charge is 2.18. The van der Waals surface area contributed by atoms with Crippen molar-refractivity contribution in [3.63, 3.8) is 0 Å². The van der Waals surface area contributed by atoms with Crippen LogP contribution >= 0.6 is 11.8 Å². The van der Waals surface area contributed by atoms with Gasteiger partial charge < -0.3 is 5.11 Å². The van der Waals surface area contributed by atoms with Crippen molar-refractivity contribution in [3.8, 4) is 0 Å². The van der Waals surface area contributed by atoms with Crippen molar-refractivity contribution in [1.29, 1.82) is 0 Å². The Morgan fingerprint density at radius 2 is 1.95 bits per heavy atom. The molecule has 120 valence electrons. The van der Waals surface area contributed by atoms with E-state index in [1.807, 2.05) is 13.8 Å². The van der Waals surface area contributed by atoms with Gasteiger partial charge in [-0.25, -0.2) is 14.8 Å². The molecule has 0 atom stereocenters. The molecule has 22 heavy (non-hydrogen) atoms. The lowest BCUT2D eigenvalue weighted by atomic mass is 10.2. The fourth-order valence-electron chi connectivity index (χ4n) is 2.22. The van der Waals surface area contributed by atoms with Gasteiger partial charge in [-0.2, -0.15) is 0 Å². The van der Waals surface area contributed by atoms with Crippen LogP contribution in [-0.2, 0) is 13.6 Å². The van der Waals surface area contributed by atoms with Crippen LogP contribution in [0.2, 0.25) is 0 Å². The maximum atomic E-state index is 12.5. The molecule has 0 aliphatic carbocycles. The highest BCUT2D eigenvalue weighted by molar-refractivity contribution is 7.99. The van der Waals surface area contributed by atoms with Gasteiger partial charge in [0.05, 0.1) is 6.61 Å². The summed E-state index contributed by atoms with van der Waals surface area (Å²) in [4.78, 5) is 33.5. The van der Waals surface area contributed by atoms with Gasteiger partial charge in [-0.1, -0.05) is 13.8 Å². The molecule has 0 bridgehead atoms. The van der Waals surface area contributed by atoms with E-state index in [0.717, 1.165) is 4.57 Å². The molecule has 0 amide bonds. The number of thioether (sulfide) groups is 1. The van der Waals surface area contributed by atoms with E-state index in [1.54, 1.807) is 6.92 Å². The van der Waals surface area contributed by atoms with Gasteiger partial charge in [0.15, 0.2) is 5.65 Å². The van der Waals surface area contributed by atoms with Gasteiger partial charge in [0.1, 0.15) is 16.2 Å². The van der Waals surface area contributed by atoms with Crippen LogP contribution in [0.4, 0.5) is 0 Å². The summed E-state index contributed by atoms with van der Waals surface area (Å²) in [6.45, 7) is 6.19. The minimum atomic E-state index is -0.402. The SMILES string of the molecule is Cc1nc(SCCO)c2c(=O)n(C)c(=O)n(CC(C)C)c2n1. The maximum Gasteiger partial charge on any atom is 0.332 e. The summed E-state index contributed by atoms with van der Waals surface area (Å²) in [7, 11) is 1.46. The lowest BCUT2D eigenvalue weighted by molar-refractivity contribution is 0.322. The topological polar surface area (TPSA) is 90.0 Å². The molecular formula is C14H20N4O3S. The Hall–Kier alpha value is -1.67. The molecule has 0 radical (unpaired) electrons. The molecule has 0 unspecified atom stereocenters. The summed E-state index contributed by atoms with van der Waals surface area (Å²) >= 11 is 1.29. The summed E-state index contributed by atoms with van der Waals surface area (Å²) in [5.74, 6) is 1.16. The smallest absolute Gasteiger partial charge is 0.332 e. The summed E-state index contributed by atoms with van der Waals surface area (Å²) in [6.07, 6.45) is 0. The minimum Gasteiger partial charge on any atom is -0.396 e. The van der Waals surface area contributed by atoms with E-state index in [-0.39, 0.29) is 18.2 Å². The summed E-state index contributed by atoms with van der Waals surface area (Å²) in [5.41, 5.74) is -0.405. The quantitative estimate of drug-likeness (QED) is 0.638. The molecule has 0 saturated carbocycles. The highest BCUT2D eigenvalue weighted by atomic mass is 32.2. The maximum absolute atomic E-state index is 12.5. The molecule has 0 aliphatic heterocycles. The second-order valence-electron chi connectivity index (χ2n) is 5.50. The third kappa shape index (κ3) is 3.07. The van der Waals surface area contributed by atoms with E-state index in [9.17, 15) is 9.59 Å². The monoisotopic (exact) mass is 324 g/mol. The van der Waals surface area contributed by atoms with Gasteiger partial charge in [0.2, 0.25) is 0 Å². The minimum absolute atomic E-state index is 0.0127. The first-order valence-electron chi connectivity index (χ1n) is 7.08. The van der Waals surface area contributed by atoms with E-state index < -0.39 is 5.56 Å². The Bertz CT molecular complexity index is 810. The number of rotatable bonds is 5. The Balaban J connectivity index is 2.88. The van der Waals surface area contributed by atoms with Crippen molar-refractivity contribution >= 4 is 22.8 Å². The molecule has 0 aliphatic rings. The number of aryl methyl sites for hydroxylation is 1. The predicted octanol–water partition coefficient (Wildman–Crippen LogP) is 0.539. The number of hydrogen-bond acceptors (Lipinski definition) is 6. The molecule has 7 nitrogen and oxygen atoms in total. The molecule has 0 fully saturated rings. The van der Waals surface area contributed by atoms with E-state index >= 15 is 0 Å². The van der Waals surface area contributed by atoms with E-state index in [1.165, 1.54) is 23.4 Å². The van der Waals surface area contributed by atoms with Crippen molar-refractivity contribution in [2.75, 3.05) is 12.4 Å². The number of aromatic nitrogens is 4. The lowest BCUT2D eigenvalue weighted by Gasteiger charge is -2.15. The van der Waals surface area contributed by atoms with Crippen LogP contribution < -0.4 is 11.2 Å². The molecule has 2 heterocycles. The summed E-state index contributed by atoms with van der Waals surface area (Å²) in [5, 5.41) is 9.86. The fraction of sp³-hybridized carbons (Fsp3) is 0.571. The molecule has 8 heteroatoms. The van der Waals surface area contributed by atoms with Crippen LogP contribution in [0.15, 0.2) is 14.6 Å². The van der Waals surface area contributed by atoms with Crippen molar-refractivity contribution in [3.05, 3.63) is 26.7 Å². The average molecular weight is 324 g/mol. The largest absolute Gasteiger partial charge is 0.396 e. The average Bonchev–Trinajstić information content (AvgIpc) is 2.46.